The van der Waals surface area contributed by atoms with E-state index in [0.717, 1.165) is 0 Å². The van der Waals surface area contributed by atoms with Crippen molar-refractivity contribution in [1.29, 1.82) is 5.26 Å². The van der Waals surface area contributed by atoms with E-state index in [4.69, 9.17) is 10.00 Å². The maximum atomic E-state index is 12.8. The van der Waals surface area contributed by atoms with Gasteiger partial charge in [0.1, 0.15) is 17.6 Å². The van der Waals surface area contributed by atoms with Gasteiger partial charge in [-0.1, -0.05) is 24.3 Å². The number of nitrogens with one attached hydrogen (secondary N) is 2. The van der Waals surface area contributed by atoms with Gasteiger partial charge in [-0.15, -0.1) is 0 Å². The van der Waals surface area contributed by atoms with Crippen LogP contribution in [0.1, 0.15) is 11.1 Å². The number of carbonyl (C=O) groups is 2. The predicted molar refractivity (Wildman–Crippen MR) is 88.4 cm³/mol. The maximum absolute atomic E-state index is 12.8. The van der Waals surface area contributed by atoms with E-state index >= 15 is 0 Å². The second-order valence-electron chi connectivity index (χ2n) is 4.82. The Morgan fingerprint density at radius 2 is 1.84 bits per heavy atom. The molecule has 0 aliphatic heterocycles. The van der Waals surface area contributed by atoms with Gasteiger partial charge in [0.15, 0.2) is 6.61 Å². The third kappa shape index (κ3) is 5.80. The average molecular weight is 339 g/mol. The van der Waals surface area contributed by atoms with Crippen LogP contribution in [0.4, 0.5) is 4.39 Å². The van der Waals surface area contributed by atoms with E-state index in [-0.39, 0.29) is 18.2 Å². The number of hydrogen-bond donors (Lipinski definition) is 2. The summed E-state index contributed by atoms with van der Waals surface area (Å²) >= 11 is 0. The Hall–Kier alpha value is -3.66. The number of hydrazine groups is 1. The summed E-state index contributed by atoms with van der Waals surface area (Å²) in [7, 11) is 0. The van der Waals surface area contributed by atoms with E-state index in [2.05, 4.69) is 10.9 Å². The average Bonchev–Trinajstić information content (AvgIpc) is 2.64. The molecular formula is C18H14FN3O3. The number of nitriles is 1. The minimum Gasteiger partial charge on any atom is -0.482 e. The summed E-state index contributed by atoms with van der Waals surface area (Å²) in [5, 5.41) is 8.91. The molecule has 2 aromatic rings. The van der Waals surface area contributed by atoms with E-state index < -0.39 is 11.8 Å². The van der Waals surface area contributed by atoms with E-state index in [1.54, 1.807) is 24.3 Å². The third-order valence-corrected chi connectivity index (χ3v) is 2.99. The molecule has 2 amide bonds. The minimum absolute atomic E-state index is 0.280. The summed E-state index contributed by atoms with van der Waals surface area (Å²) in [6, 6.07) is 14.0. The first-order valence-corrected chi connectivity index (χ1v) is 7.23. The Labute approximate surface area is 143 Å². The van der Waals surface area contributed by atoms with Crippen LogP contribution in [-0.4, -0.2) is 18.4 Å². The van der Waals surface area contributed by atoms with Gasteiger partial charge in [-0.25, -0.2) is 4.39 Å². The number of rotatable bonds is 5. The number of hydrogen-bond acceptors (Lipinski definition) is 4. The van der Waals surface area contributed by atoms with Crippen molar-refractivity contribution in [3.05, 3.63) is 71.6 Å². The monoisotopic (exact) mass is 339 g/mol. The van der Waals surface area contributed by atoms with Crippen LogP contribution in [0.25, 0.3) is 6.08 Å². The number of carbonyl (C=O) groups excluding carboxylic acids is 2. The van der Waals surface area contributed by atoms with Crippen LogP contribution in [0.5, 0.6) is 5.75 Å². The number of ether oxygens (including phenoxy) is 1. The molecule has 2 rings (SSSR count). The Morgan fingerprint density at radius 3 is 2.56 bits per heavy atom. The molecule has 0 aliphatic carbocycles. The van der Waals surface area contributed by atoms with Crippen LogP contribution >= 0.6 is 0 Å². The van der Waals surface area contributed by atoms with Crippen LogP contribution < -0.4 is 15.6 Å². The quantitative estimate of drug-likeness (QED) is 0.643. The highest BCUT2D eigenvalue weighted by atomic mass is 19.1. The maximum Gasteiger partial charge on any atom is 0.276 e. The van der Waals surface area contributed by atoms with Crippen molar-refractivity contribution in [3.8, 4) is 11.8 Å². The lowest BCUT2D eigenvalue weighted by Crippen LogP contribution is -2.43. The van der Waals surface area contributed by atoms with Gasteiger partial charge in [-0.3, -0.25) is 20.4 Å². The normalized spacial score (nSPS) is 10.1. The fourth-order valence-electron chi connectivity index (χ4n) is 1.78. The molecule has 0 spiro atoms. The van der Waals surface area contributed by atoms with E-state index in [1.807, 2.05) is 6.07 Å². The SMILES string of the molecule is N#Cc1ccccc1OCC(=O)NNC(=O)/C=C/c1ccc(F)cc1. The van der Waals surface area contributed by atoms with Crippen LogP contribution in [0, 0.1) is 17.1 Å². The summed E-state index contributed by atoms with van der Waals surface area (Å²) in [5.41, 5.74) is 5.31. The van der Waals surface area contributed by atoms with Gasteiger partial charge in [0.2, 0.25) is 0 Å². The first-order chi connectivity index (χ1) is 12.1. The molecule has 0 saturated heterocycles. The zero-order chi connectivity index (χ0) is 18.1. The van der Waals surface area contributed by atoms with Gasteiger partial charge in [-0.05, 0) is 35.9 Å². The highest BCUT2D eigenvalue weighted by Crippen LogP contribution is 2.16. The fourth-order valence-corrected chi connectivity index (χ4v) is 1.78. The molecule has 126 valence electrons. The van der Waals surface area contributed by atoms with Crippen LogP contribution in [0.2, 0.25) is 0 Å². The Balaban J connectivity index is 1.76. The molecule has 0 atom stereocenters. The van der Waals surface area contributed by atoms with Crippen LogP contribution in [0.3, 0.4) is 0 Å². The number of benzene rings is 2. The van der Waals surface area contributed by atoms with Crippen LogP contribution in [-0.2, 0) is 9.59 Å². The lowest BCUT2D eigenvalue weighted by Gasteiger charge is -2.08. The highest BCUT2D eigenvalue weighted by Gasteiger charge is 2.06. The molecule has 0 aliphatic rings. The van der Waals surface area contributed by atoms with Crippen molar-refractivity contribution in [2.24, 2.45) is 0 Å². The molecule has 0 bridgehead atoms. The topological polar surface area (TPSA) is 91.2 Å². The second-order valence-corrected chi connectivity index (χ2v) is 4.82. The lowest BCUT2D eigenvalue weighted by molar-refractivity contribution is -0.128. The lowest BCUT2D eigenvalue weighted by atomic mass is 10.2. The molecular weight excluding hydrogens is 325 g/mol. The zero-order valence-electron chi connectivity index (χ0n) is 13.0. The summed E-state index contributed by atoms with van der Waals surface area (Å²) in [6.07, 6.45) is 2.67. The summed E-state index contributed by atoms with van der Waals surface area (Å²) < 4.78 is 18.0. The van der Waals surface area contributed by atoms with Crippen molar-refractivity contribution in [3.63, 3.8) is 0 Å². The molecule has 25 heavy (non-hydrogen) atoms. The predicted octanol–water partition coefficient (Wildman–Crippen LogP) is 1.94. The van der Waals surface area contributed by atoms with E-state index in [0.29, 0.717) is 11.1 Å². The zero-order valence-corrected chi connectivity index (χ0v) is 13.0. The first kappa shape index (κ1) is 17.7. The molecule has 0 aromatic heterocycles. The van der Waals surface area contributed by atoms with Gasteiger partial charge < -0.3 is 4.74 Å². The Kier molecular flexibility index (Phi) is 6.25. The van der Waals surface area contributed by atoms with Crippen molar-refractivity contribution < 1.29 is 18.7 Å². The Bertz CT molecular complexity index is 826. The number of amides is 2. The van der Waals surface area contributed by atoms with Gasteiger partial charge in [0.25, 0.3) is 11.8 Å². The molecule has 0 radical (unpaired) electrons. The smallest absolute Gasteiger partial charge is 0.276 e. The van der Waals surface area contributed by atoms with Crippen molar-refractivity contribution in [1.82, 2.24) is 10.9 Å². The first-order valence-electron chi connectivity index (χ1n) is 7.23. The standard InChI is InChI=1S/C18H14FN3O3/c19-15-8-5-13(6-9-15)7-10-17(23)21-22-18(24)12-25-16-4-2-1-3-14(16)11-20/h1-10H,12H2,(H,21,23)(H,22,24)/b10-7+. The summed E-state index contributed by atoms with van der Waals surface area (Å²) in [5.74, 6) is -1.24. The van der Waals surface area contributed by atoms with E-state index in [9.17, 15) is 14.0 Å². The van der Waals surface area contributed by atoms with Crippen LogP contribution in [0.15, 0.2) is 54.6 Å². The number of halogens is 1. The molecule has 0 heterocycles. The third-order valence-electron chi connectivity index (χ3n) is 2.99. The number of nitrogens with zero attached hydrogens (tertiary/aromatic N) is 1. The summed E-state index contributed by atoms with van der Waals surface area (Å²) in [4.78, 5) is 23.2. The van der Waals surface area contributed by atoms with Gasteiger partial charge in [0.05, 0.1) is 5.56 Å². The molecule has 2 N–H and O–H groups in total. The van der Waals surface area contributed by atoms with Gasteiger partial charge in [-0.2, -0.15) is 5.26 Å². The van der Waals surface area contributed by atoms with Crippen molar-refractivity contribution >= 4 is 17.9 Å². The highest BCUT2D eigenvalue weighted by molar-refractivity contribution is 5.93. The molecule has 7 heteroatoms. The van der Waals surface area contributed by atoms with Crippen molar-refractivity contribution in [2.75, 3.05) is 6.61 Å². The summed E-state index contributed by atoms with van der Waals surface area (Å²) in [6.45, 7) is -0.360. The molecule has 0 unspecified atom stereocenters. The molecule has 2 aromatic carbocycles. The second kappa shape index (κ2) is 8.84. The van der Waals surface area contributed by atoms with E-state index in [1.165, 1.54) is 36.4 Å². The minimum atomic E-state index is -0.587. The molecule has 0 saturated carbocycles. The largest absolute Gasteiger partial charge is 0.482 e. The van der Waals surface area contributed by atoms with Gasteiger partial charge >= 0.3 is 0 Å². The fraction of sp³-hybridized carbons (Fsp3) is 0.0556. The van der Waals surface area contributed by atoms with Crippen molar-refractivity contribution in [2.45, 2.75) is 0 Å². The molecule has 6 nitrogen and oxygen atoms in total. The van der Waals surface area contributed by atoms with Gasteiger partial charge in [0, 0.05) is 6.08 Å². The molecule has 0 fully saturated rings. The number of para-hydroxylation sites is 1. The Morgan fingerprint density at radius 1 is 1.12 bits per heavy atom.